The molecule has 1 aromatic heterocycles. The number of likely N-dealkylation sites (N-methyl/N-ethyl adjacent to an activating group) is 1. The Balaban J connectivity index is 2.20. The topological polar surface area (TPSA) is 76.4 Å². The Bertz CT molecular complexity index is 827. The summed E-state index contributed by atoms with van der Waals surface area (Å²) in [5, 5.41) is 16.2. The van der Waals surface area contributed by atoms with Crippen LogP contribution in [0.25, 0.3) is 10.4 Å². The molecule has 0 bridgehead atoms. The van der Waals surface area contributed by atoms with Crippen molar-refractivity contribution in [2.45, 2.75) is 26.3 Å². The summed E-state index contributed by atoms with van der Waals surface area (Å²) in [6.07, 6.45) is 2.37. The van der Waals surface area contributed by atoms with E-state index >= 15 is 0 Å². The van der Waals surface area contributed by atoms with Crippen LogP contribution < -0.4 is 5.32 Å². The third-order valence-electron chi connectivity index (χ3n) is 4.15. The number of nitrogens with one attached hydrogen (secondary N) is 1. The van der Waals surface area contributed by atoms with Gasteiger partial charge in [0.05, 0.1) is 0 Å². The van der Waals surface area contributed by atoms with Crippen molar-refractivity contribution in [3.05, 3.63) is 47.3 Å². The van der Waals surface area contributed by atoms with E-state index in [1.54, 1.807) is 17.4 Å². The number of hydrogen-bond acceptors (Lipinski definition) is 5. The van der Waals surface area contributed by atoms with E-state index in [1.807, 2.05) is 55.8 Å². The van der Waals surface area contributed by atoms with Crippen LogP contribution in [0.15, 0.2) is 41.8 Å². The second-order valence-electron chi connectivity index (χ2n) is 6.70. The zero-order valence-corrected chi connectivity index (χ0v) is 16.8. The van der Waals surface area contributed by atoms with E-state index in [-0.39, 0.29) is 17.7 Å². The van der Waals surface area contributed by atoms with Crippen molar-refractivity contribution in [2.75, 3.05) is 14.1 Å². The molecule has 0 aliphatic carbocycles. The van der Waals surface area contributed by atoms with E-state index in [0.717, 1.165) is 15.4 Å². The minimum atomic E-state index is -0.705. The van der Waals surface area contributed by atoms with Gasteiger partial charge in [-0.1, -0.05) is 32.0 Å². The van der Waals surface area contributed by atoms with Crippen LogP contribution in [0.3, 0.4) is 0 Å². The van der Waals surface area contributed by atoms with Crippen LogP contribution in [0, 0.1) is 17.4 Å². The Morgan fingerprint density at radius 2 is 1.96 bits per heavy atom. The lowest BCUT2D eigenvalue weighted by atomic mass is 10.0. The van der Waals surface area contributed by atoms with Crippen molar-refractivity contribution in [1.82, 2.24) is 15.3 Å². The predicted octanol–water partition coefficient (Wildman–Crippen LogP) is 3.35. The largest absolute Gasteiger partial charge is 0.340 e. The maximum absolute atomic E-state index is 12.8. The van der Waals surface area contributed by atoms with E-state index in [2.05, 4.69) is 5.32 Å². The summed E-state index contributed by atoms with van der Waals surface area (Å²) in [6, 6.07) is 10.6. The summed E-state index contributed by atoms with van der Waals surface area (Å²) in [5.74, 6) is -0.423. The Hall–Kier alpha value is -2.85. The smallest absolute Gasteiger partial charge is 0.263 e. The molecule has 27 heavy (non-hydrogen) atoms. The van der Waals surface area contributed by atoms with Gasteiger partial charge in [0.2, 0.25) is 0 Å². The Labute approximate surface area is 164 Å². The molecule has 1 atom stereocenters. The molecule has 0 unspecified atom stereocenters. The van der Waals surface area contributed by atoms with Crippen molar-refractivity contribution in [3.63, 3.8) is 0 Å². The number of carbonyl (C=O) groups is 2. The second kappa shape index (κ2) is 9.19. The molecule has 0 aliphatic rings. The zero-order valence-electron chi connectivity index (χ0n) is 16.0. The highest BCUT2D eigenvalue weighted by molar-refractivity contribution is 7.13. The molecule has 0 radical (unpaired) electrons. The number of thiophene rings is 1. The van der Waals surface area contributed by atoms with Gasteiger partial charge in [-0.15, -0.1) is 11.3 Å². The Morgan fingerprint density at radius 1 is 1.22 bits per heavy atom. The first-order valence-electron chi connectivity index (χ1n) is 8.69. The molecule has 2 amide bonds. The fraction of sp³-hybridized carbons (Fsp3) is 0.350. The summed E-state index contributed by atoms with van der Waals surface area (Å²) in [6.45, 7) is 3.97. The number of amides is 2. The number of benzene rings is 1. The maximum atomic E-state index is 12.8. The molecule has 0 spiro atoms. The number of hydrazine groups is 1. The van der Waals surface area contributed by atoms with Gasteiger partial charge in [-0.05, 0) is 41.5 Å². The summed E-state index contributed by atoms with van der Waals surface area (Å²) in [7, 11) is 3.01. The van der Waals surface area contributed by atoms with Crippen molar-refractivity contribution in [3.8, 4) is 16.6 Å². The molecule has 0 fully saturated rings. The maximum Gasteiger partial charge on any atom is 0.263 e. The van der Waals surface area contributed by atoms with Gasteiger partial charge in [-0.25, -0.2) is 10.0 Å². The predicted molar refractivity (Wildman–Crippen MR) is 107 cm³/mol. The number of carbonyl (C=O) groups excluding carboxylic acids is 2. The number of nitriles is 1. The first kappa shape index (κ1) is 20.5. The molecule has 1 aromatic carbocycles. The van der Waals surface area contributed by atoms with Crippen molar-refractivity contribution < 1.29 is 9.59 Å². The molecule has 2 rings (SSSR count). The Kier molecular flexibility index (Phi) is 6.97. The SMILES string of the molecule is CC(C)C[C@H](NC(=O)c1cccc(-c2cccs2)c1)C(=O)N(C)N(C)C#N. The third kappa shape index (κ3) is 5.31. The van der Waals surface area contributed by atoms with Crippen molar-refractivity contribution in [2.24, 2.45) is 5.92 Å². The molecule has 6 nitrogen and oxygen atoms in total. The number of nitrogens with zero attached hydrogens (tertiary/aromatic N) is 3. The van der Waals surface area contributed by atoms with Crippen LogP contribution in [-0.4, -0.2) is 42.0 Å². The van der Waals surface area contributed by atoms with Gasteiger partial charge in [0, 0.05) is 24.5 Å². The standard InChI is InChI=1S/C20H24N4O2S/c1-14(2)11-17(20(26)24(4)23(3)13-21)22-19(25)16-8-5-7-15(12-16)18-9-6-10-27-18/h5-10,12,14,17H,11H2,1-4H3,(H,22,25)/t17-/m0/s1. The highest BCUT2D eigenvalue weighted by Crippen LogP contribution is 2.25. The molecule has 1 heterocycles. The van der Waals surface area contributed by atoms with Crippen LogP contribution in [0.4, 0.5) is 0 Å². The van der Waals surface area contributed by atoms with E-state index in [9.17, 15) is 9.59 Å². The minimum Gasteiger partial charge on any atom is -0.340 e. The quantitative estimate of drug-likeness (QED) is 0.451. The first-order chi connectivity index (χ1) is 12.8. The van der Waals surface area contributed by atoms with Gasteiger partial charge in [0.1, 0.15) is 6.04 Å². The lowest BCUT2D eigenvalue weighted by Crippen LogP contribution is -2.51. The summed E-state index contributed by atoms with van der Waals surface area (Å²) in [5.41, 5.74) is 1.46. The molecular weight excluding hydrogens is 360 g/mol. The minimum absolute atomic E-state index is 0.206. The van der Waals surface area contributed by atoms with E-state index in [0.29, 0.717) is 12.0 Å². The molecule has 1 N–H and O–H groups in total. The molecule has 2 aromatic rings. The average molecular weight is 385 g/mol. The molecule has 0 saturated carbocycles. The van der Waals surface area contributed by atoms with Gasteiger partial charge in [0.25, 0.3) is 11.8 Å². The van der Waals surface area contributed by atoms with E-state index in [1.165, 1.54) is 19.1 Å². The number of rotatable bonds is 7. The zero-order chi connectivity index (χ0) is 20.0. The van der Waals surface area contributed by atoms with Crippen molar-refractivity contribution >= 4 is 23.2 Å². The average Bonchev–Trinajstić information content (AvgIpc) is 3.20. The van der Waals surface area contributed by atoms with E-state index < -0.39 is 6.04 Å². The van der Waals surface area contributed by atoms with Crippen LogP contribution in [0.5, 0.6) is 0 Å². The molecule has 0 saturated heterocycles. The number of hydrogen-bond donors (Lipinski definition) is 1. The molecule has 7 heteroatoms. The van der Waals surface area contributed by atoms with Gasteiger partial charge in [-0.2, -0.15) is 5.26 Å². The van der Waals surface area contributed by atoms with Crippen LogP contribution in [0.2, 0.25) is 0 Å². The van der Waals surface area contributed by atoms with Gasteiger partial charge in [-0.3, -0.25) is 9.59 Å². The summed E-state index contributed by atoms with van der Waals surface area (Å²) >= 11 is 1.60. The Morgan fingerprint density at radius 3 is 2.56 bits per heavy atom. The van der Waals surface area contributed by atoms with Gasteiger partial charge >= 0.3 is 0 Å². The van der Waals surface area contributed by atoms with E-state index in [4.69, 9.17) is 5.26 Å². The fourth-order valence-electron chi connectivity index (χ4n) is 2.63. The summed E-state index contributed by atoms with van der Waals surface area (Å²) in [4.78, 5) is 26.6. The lowest BCUT2D eigenvalue weighted by Gasteiger charge is -2.28. The lowest BCUT2D eigenvalue weighted by molar-refractivity contribution is -0.142. The highest BCUT2D eigenvalue weighted by Gasteiger charge is 2.27. The molecular formula is C20H24N4O2S. The van der Waals surface area contributed by atoms with Crippen LogP contribution in [0.1, 0.15) is 30.6 Å². The normalized spacial score (nSPS) is 11.6. The van der Waals surface area contributed by atoms with Gasteiger partial charge in [0.15, 0.2) is 6.19 Å². The highest BCUT2D eigenvalue weighted by atomic mass is 32.1. The van der Waals surface area contributed by atoms with Crippen LogP contribution in [-0.2, 0) is 4.79 Å². The first-order valence-corrected chi connectivity index (χ1v) is 9.57. The molecule has 0 aliphatic heterocycles. The monoisotopic (exact) mass is 384 g/mol. The molecule has 142 valence electrons. The second-order valence-corrected chi connectivity index (χ2v) is 7.65. The fourth-order valence-corrected chi connectivity index (χ4v) is 3.36. The summed E-state index contributed by atoms with van der Waals surface area (Å²) < 4.78 is 0. The van der Waals surface area contributed by atoms with Crippen LogP contribution >= 0.6 is 11.3 Å². The van der Waals surface area contributed by atoms with Gasteiger partial charge < -0.3 is 5.32 Å². The third-order valence-corrected chi connectivity index (χ3v) is 5.07. The van der Waals surface area contributed by atoms with Crippen molar-refractivity contribution in [1.29, 1.82) is 5.26 Å².